The molecule has 3 aliphatic rings. The molecule has 0 fully saturated rings. The Bertz CT molecular complexity index is 1930. The van der Waals surface area contributed by atoms with Gasteiger partial charge in [0, 0.05) is 40.3 Å². The SMILES string of the molecule is COc1cc(OC)c2c(c1)C(=O)C1=C(C2=O)c2c(OC)cc3c(c2OC(=O)CC(C)(O)C1)C(=O)c1c(O)cc(C)cc1C3=O. The van der Waals surface area contributed by atoms with Crippen molar-refractivity contribution in [2.75, 3.05) is 21.3 Å². The lowest BCUT2D eigenvalue weighted by molar-refractivity contribution is -0.139. The number of methoxy groups -OCH3 is 3. The number of hydrogen-bond acceptors (Lipinski definition) is 11. The fourth-order valence-corrected chi connectivity index (χ4v) is 6.15. The Kier molecular flexibility index (Phi) is 6.47. The minimum Gasteiger partial charge on any atom is -0.507 e. The monoisotopic (exact) mass is 598 g/mol. The normalized spacial score (nSPS) is 19.0. The number of fused-ring (bicyclic) bond motifs is 6. The van der Waals surface area contributed by atoms with Gasteiger partial charge >= 0.3 is 5.97 Å². The number of benzene rings is 3. The van der Waals surface area contributed by atoms with Crippen molar-refractivity contribution in [1.29, 1.82) is 0 Å². The number of hydrogen-bond donors (Lipinski definition) is 2. The lowest BCUT2D eigenvalue weighted by Gasteiger charge is -2.28. The van der Waals surface area contributed by atoms with Gasteiger partial charge in [0.2, 0.25) is 5.78 Å². The van der Waals surface area contributed by atoms with Gasteiger partial charge in [-0.25, -0.2) is 0 Å². The zero-order valence-corrected chi connectivity index (χ0v) is 24.4. The fourth-order valence-electron chi connectivity index (χ4n) is 6.15. The number of carbonyl (C=O) groups is 5. The van der Waals surface area contributed by atoms with Gasteiger partial charge in [-0.05, 0) is 43.7 Å². The Morgan fingerprint density at radius 1 is 0.705 bits per heavy atom. The number of phenols is 1. The Morgan fingerprint density at radius 2 is 1.34 bits per heavy atom. The molecule has 224 valence electrons. The molecule has 3 aromatic carbocycles. The summed E-state index contributed by atoms with van der Waals surface area (Å²) in [4.78, 5) is 69.8. The average molecular weight is 599 g/mol. The highest BCUT2D eigenvalue weighted by Crippen LogP contribution is 2.51. The Hall–Kier alpha value is -5.29. The van der Waals surface area contributed by atoms with E-state index in [0.717, 1.165) is 0 Å². The third-order valence-electron chi connectivity index (χ3n) is 8.03. The van der Waals surface area contributed by atoms with E-state index in [0.29, 0.717) is 5.56 Å². The van der Waals surface area contributed by atoms with Crippen molar-refractivity contribution < 1.29 is 53.1 Å². The van der Waals surface area contributed by atoms with Crippen LogP contribution in [0.25, 0.3) is 5.57 Å². The first-order valence-electron chi connectivity index (χ1n) is 13.5. The maximum atomic E-state index is 14.5. The average Bonchev–Trinajstić information content (AvgIpc) is 3.01. The standard InChI is InChI=1S/C33H26O11/c1-13-6-15-23(19(34)7-13)30(38)26-17(28(15)36)10-21(43-5)27-25-18(11-33(2,40)12-22(35)44-32(26)27)29(37)16-8-14(41-3)9-20(42-4)24(16)31(25)39/h6-10,34,40H,11-12H2,1-5H3. The van der Waals surface area contributed by atoms with Crippen LogP contribution < -0.4 is 18.9 Å². The molecule has 0 saturated carbocycles. The van der Waals surface area contributed by atoms with Crippen molar-refractivity contribution in [3.63, 3.8) is 0 Å². The Morgan fingerprint density at radius 3 is 2.00 bits per heavy atom. The molecule has 2 N–H and O–H groups in total. The molecular formula is C33H26O11. The van der Waals surface area contributed by atoms with Crippen LogP contribution >= 0.6 is 0 Å². The number of ketones is 4. The molecule has 0 aromatic heterocycles. The van der Waals surface area contributed by atoms with E-state index in [1.54, 1.807) is 6.92 Å². The number of Topliss-reactive ketones (excluding diaryl/α,β-unsaturated/α-hetero) is 2. The van der Waals surface area contributed by atoms with Crippen LogP contribution in [0.1, 0.15) is 83.5 Å². The molecule has 0 spiro atoms. The summed E-state index contributed by atoms with van der Waals surface area (Å²) in [5.41, 5.74) is -3.16. The third-order valence-corrected chi connectivity index (χ3v) is 8.03. The van der Waals surface area contributed by atoms with Crippen LogP contribution in [0, 0.1) is 6.92 Å². The predicted octanol–water partition coefficient (Wildman–Crippen LogP) is 3.78. The molecule has 1 heterocycles. The van der Waals surface area contributed by atoms with Gasteiger partial charge in [0.25, 0.3) is 0 Å². The molecule has 0 saturated heterocycles. The number of carbonyl (C=O) groups excluding carboxylic acids is 5. The highest BCUT2D eigenvalue weighted by Gasteiger charge is 2.46. The van der Waals surface area contributed by atoms with E-state index in [9.17, 15) is 34.2 Å². The quantitative estimate of drug-likeness (QED) is 0.261. The summed E-state index contributed by atoms with van der Waals surface area (Å²) in [5, 5.41) is 22.0. The number of ether oxygens (including phenoxy) is 4. The highest BCUT2D eigenvalue weighted by atomic mass is 16.5. The van der Waals surface area contributed by atoms with Gasteiger partial charge in [0.05, 0.1) is 55.6 Å². The fraction of sp³-hybridized carbons (Fsp3) is 0.242. The number of allylic oxidation sites excluding steroid dienone is 1. The molecule has 3 aromatic rings. The molecule has 2 aliphatic carbocycles. The Balaban J connectivity index is 1.74. The number of aryl methyl sites for hydroxylation is 1. The maximum absolute atomic E-state index is 14.5. The number of aromatic hydroxyl groups is 1. The molecule has 11 nitrogen and oxygen atoms in total. The number of rotatable bonds is 3. The minimum absolute atomic E-state index is 0.0202. The Labute approximate surface area is 250 Å². The minimum atomic E-state index is -1.87. The first-order chi connectivity index (χ1) is 20.8. The number of aliphatic hydroxyl groups is 1. The van der Waals surface area contributed by atoms with Crippen molar-refractivity contribution in [2.24, 2.45) is 0 Å². The summed E-state index contributed by atoms with van der Waals surface area (Å²) in [6, 6.07) is 6.81. The van der Waals surface area contributed by atoms with Crippen LogP contribution in [-0.2, 0) is 4.79 Å². The molecule has 1 unspecified atom stereocenters. The van der Waals surface area contributed by atoms with E-state index in [-0.39, 0.29) is 61.8 Å². The van der Waals surface area contributed by atoms with E-state index >= 15 is 0 Å². The molecule has 0 bridgehead atoms. The molecule has 1 atom stereocenters. The molecule has 0 radical (unpaired) electrons. The summed E-state index contributed by atoms with van der Waals surface area (Å²) in [7, 11) is 3.95. The first-order valence-corrected chi connectivity index (χ1v) is 13.5. The zero-order valence-electron chi connectivity index (χ0n) is 24.4. The second-order valence-corrected chi connectivity index (χ2v) is 11.2. The number of phenolic OH excluding ortho intramolecular Hbond substituents is 1. The van der Waals surface area contributed by atoms with Gasteiger partial charge in [0.1, 0.15) is 23.0 Å². The molecule has 44 heavy (non-hydrogen) atoms. The lowest BCUT2D eigenvalue weighted by Crippen LogP contribution is -2.33. The van der Waals surface area contributed by atoms with Crippen molar-refractivity contribution >= 4 is 34.7 Å². The summed E-state index contributed by atoms with van der Waals surface area (Å²) in [6.45, 7) is 2.96. The van der Waals surface area contributed by atoms with Crippen LogP contribution in [0.2, 0.25) is 0 Å². The highest BCUT2D eigenvalue weighted by molar-refractivity contribution is 6.43. The summed E-state index contributed by atoms with van der Waals surface area (Å²) in [5.74, 6) is -4.74. The smallest absolute Gasteiger partial charge is 0.314 e. The van der Waals surface area contributed by atoms with Crippen LogP contribution in [0.15, 0.2) is 35.9 Å². The first kappa shape index (κ1) is 28.8. The summed E-state index contributed by atoms with van der Waals surface area (Å²) >= 11 is 0. The summed E-state index contributed by atoms with van der Waals surface area (Å²) in [6.07, 6.45) is -1.08. The van der Waals surface area contributed by atoms with Crippen LogP contribution in [0.4, 0.5) is 0 Å². The predicted molar refractivity (Wildman–Crippen MR) is 153 cm³/mol. The molecule has 11 heteroatoms. The van der Waals surface area contributed by atoms with E-state index < -0.39 is 64.6 Å². The van der Waals surface area contributed by atoms with Gasteiger partial charge in [-0.2, -0.15) is 0 Å². The second kappa shape index (κ2) is 9.88. The van der Waals surface area contributed by atoms with Gasteiger partial charge < -0.3 is 29.2 Å². The maximum Gasteiger partial charge on any atom is 0.314 e. The van der Waals surface area contributed by atoms with Gasteiger partial charge in [-0.15, -0.1) is 0 Å². The molecule has 1 aliphatic heterocycles. The van der Waals surface area contributed by atoms with E-state index in [2.05, 4.69) is 0 Å². The number of esters is 1. The van der Waals surface area contributed by atoms with Crippen LogP contribution in [0.3, 0.4) is 0 Å². The molecule has 0 amide bonds. The molecular weight excluding hydrogens is 572 g/mol. The van der Waals surface area contributed by atoms with Crippen molar-refractivity contribution in [1.82, 2.24) is 0 Å². The van der Waals surface area contributed by atoms with Gasteiger partial charge in [-0.1, -0.05) is 0 Å². The van der Waals surface area contributed by atoms with Crippen LogP contribution in [0.5, 0.6) is 28.7 Å². The zero-order chi connectivity index (χ0) is 31.8. The van der Waals surface area contributed by atoms with E-state index in [1.165, 1.54) is 58.6 Å². The van der Waals surface area contributed by atoms with Crippen LogP contribution in [-0.4, -0.2) is 66.2 Å². The second-order valence-electron chi connectivity index (χ2n) is 11.2. The molecule has 6 rings (SSSR count). The largest absolute Gasteiger partial charge is 0.507 e. The van der Waals surface area contributed by atoms with Crippen molar-refractivity contribution in [3.8, 4) is 28.7 Å². The topological polar surface area (TPSA) is 163 Å². The van der Waals surface area contributed by atoms with E-state index in [4.69, 9.17) is 18.9 Å². The van der Waals surface area contributed by atoms with Crippen molar-refractivity contribution in [3.05, 3.63) is 80.4 Å². The third kappa shape index (κ3) is 4.11. The lowest BCUT2D eigenvalue weighted by atomic mass is 9.74. The van der Waals surface area contributed by atoms with Gasteiger partial charge in [0.15, 0.2) is 23.1 Å². The van der Waals surface area contributed by atoms with E-state index in [1.807, 2.05) is 0 Å². The van der Waals surface area contributed by atoms with Gasteiger partial charge in [-0.3, -0.25) is 24.0 Å². The van der Waals surface area contributed by atoms with Crippen molar-refractivity contribution in [2.45, 2.75) is 32.3 Å². The summed E-state index contributed by atoms with van der Waals surface area (Å²) < 4.78 is 22.1.